The summed E-state index contributed by atoms with van der Waals surface area (Å²) >= 11 is 0. The summed E-state index contributed by atoms with van der Waals surface area (Å²) < 4.78 is 6.74. The van der Waals surface area contributed by atoms with E-state index in [9.17, 15) is 0 Å². The third kappa shape index (κ3) is 2.67. The Kier molecular flexibility index (Phi) is 3.04. The predicted molar refractivity (Wildman–Crippen MR) is 41.3 cm³/mol. The van der Waals surface area contributed by atoms with Crippen molar-refractivity contribution < 1.29 is 4.74 Å². The topological polar surface area (TPSA) is 39.9 Å². The second-order valence-corrected chi connectivity index (χ2v) is 2.40. The normalized spacial score (nSPS) is 10.4. The van der Waals surface area contributed by atoms with E-state index < -0.39 is 0 Å². The lowest BCUT2D eigenvalue weighted by Crippen LogP contribution is -2.01. The van der Waals surface area contributed by atoms with Crippen LogP contribution in [0.15, 0.2) is 6.33 Å². The van der Waals surface area contributed by atoms with E-state index in [2.05, 4.69) is 10.1 Å². The van der Waals surface area contributed by atoms with Crippen LogP contribution in [0.1, 0.15) is 12.2 Å². The van der Waals surface area contributed by atoms with E-state index in [1.165, 1.54) is 0 Å². The third-order valence-electron chi connectivity index (χ3n) is 1.39. The number of ether oxygens (including phenoxy) is 1. The molecule has 0 unspecified atom stereocenters. The molecule has 0 N–H and O–H groups in total. The van der Waals surface area contributed by atoms with Crippen molar-refractivity contribution in [2.45, 2.75) is 19.9 Å². The van der Waals surface area contributed by atoms with Crippen LogP contribution in [0.25, 0.3) is 0 Å². The molecule has 0 aromatic carbocycles. The molecule has 0 aliphatic carbocycles. The SMILES string of the molecule is COCCCn1cnc(C)n1. The zero-order valence-corrected chi connectivity index (χ0v) is 6.95. The largest absolute Gasteiger partial charge is 0.385 e. The third-order valence-corrected chi connectivity index (χ3v) is 1.39. The molecule has 0 bridgehead atoms. The van der Waals surface area contributed by atoms with E-state index in [4.69, 9.17) is 4.74 Å². The Morgan fingerprint density at radius 1 is 1.64 bits per heavy atom. The van der Waals surface area contributed by atoms with E-state index in [1.807, 2.05) is 11.6 Å². The highest BCUT2D eigenvalue weighted by atomic mass is 16.5. The van der Waals surface area contributed by atoms with Crippen molar-refractivity contribution >= 4 is 0 Å². The van der Waals surface area contributed by atoms with Crippen LogP contribution in [-0.2, 0) is 11.3 Å². The number of methoxy groups -OCH3 is 1. The first-order valence-electron chi connectivity index (χ1n) is 3.68. The van der Waals surface area contributed by atoms with Crippen LogP contribution in [0, 0.1) is 6.92 Å². The van der Waals surface area contributed by atoms with E-state index in [-0.39, 0.29) is 0 Å². The number of rotatable bonds is 4. The fourth-order valence-electron chi connectivity index (χ4n) is 0.866. The van der Waals surface area contributed by atoms with Gasteiger partial charge in [-0.3, -0.25) is 4.68 Å². The van der Waals surface area contributed by atoms with Gasteiger partial charge in [0.2, 0.25) is 0 Å². The summed E-state index contributed by atoms with van der Waals surface area (Å²) in [6.45, 7) is 3.54. The lowest BCUT2D eigenvalue weighted by molar-refractivity contribution is 0.189. The summed E-state index contributed by atoms with van der Waals surface area (Å²) in [5, 5.41) is 4.13. The molecule has 0 radical (unpaired) electrons. The quantitative estimate of drug-likeness (QED) is 0.598. The van der Waals surface area contributed by atoms with Gasteiger partial charge in [0.05, 0.1) is 0 Å². The number of aromatic nitrogens is 3. The fourth-order valence-corrected chi connectivity index (χ4v) is 0.866. The Labute approximate surface area is 66.2 Å². The minimum atomic E-state index is 0.777. The van der Waals surface area contributed by atoms with Crippen LogP contribution in [-0.4, -0.2) is 28.5 Å². The molecule has 0 aliphatic heterocycles. The standard InChI is InChI=1S/C7H13N3O/c1-7-8-6-10(9-7)4-3-5-11-2/h6H,3-5H2,1-2H3. The number of nitrogens with zero attached hydrogens (tertiary/aromatic N) is 3. The Balaban J connectivity index is 2.27. The maximum Gasteiger partial charge on any atom is 0.147 e. The lowest BCUT2D eigenvalue weighted by atomic mass is 10.5. The van der Waals surface area contributed by atoms with Crippen LogP contribution in [0.5, 0.6) is 0 Å². The molecule has 4 nitrogen and oxygen atoms in total. The Hall–Kier alpha value is -0.900. The molecule has 0 saturated carbocycles. The Morgan fingerprint density at radius 2 is 2.45 bits per heavy atom. The molecule has 11 heavy (non-hydrogen) atoms. The zero-order chi connectivity index (χ0) is 8.10. The Bertz CT molecular complexity index is 209. The minimum absolute atomic E-state index is 0.777. The molecule has 1 aromatic heterocycles. The maximum absolute atomic E-state index is 4.91. The van der Waals surface area contributed by atoms with Crippen LogP contribution >= 0.6 is 0 Å². The van der Waals surface area contributed by atoms with Gasteiger partial charge in [0.15, 0.2) is 0 Å². The lowest BCUT2D eigenvalue weighted by Gasteiger charge is -1.98. The fraction of sp³-hybridized carbons (Fsp3) is 0.714. The first-order valence-corrected chi connectivity index (χ1v) is 3.68. The summed E-state index contributed by atoms with van der Waals surface area (Å²) in [7, 11) is 1.70. The molecule has 4 heteroatoms. The first-order chi connectivity index (χ1) is 5.33. The highest BCUT2D eigenvalue weighted by Gasteiger charge is 1.93. The van der Waals surface area contributed by atoms with E-state index in [0.717, 1.165) is 25.4 Å². The summed E-state index contributed by atoms with van der Waals surface area (Å²) in [5.41, 5.74) is 0. The molecule has 0 aliphatic rings. The average Bonchev–Trinajstić information content (AvgIpc) is 2.37. The van der Waals surface area contributed by atoms with Gasteiger partial charge in [-0.05, 0) is 13.3 Å². The molecule has 0 saturated heterocycles. The molecule has 0 amide bonds. The molecule has 0 spiro atoms. The molecule has 1 aromatic rings. The van der Waals surface area contributed by atoms with Crippen molar-refractivity contribution in [2.24, 2.45) is 0 Å². The van der Waals surface area contributed by atoms with Crippen molar-refractivity contribution in [3.63, 3.8) is 0 Å². The van der Waals surface area contributed by atoms with Gasteiger partial charge in [-0.25, -0.2) is 4.98 Å². The monoisotopic (exact) mass is 155 g/mol. The molecule has 0 fully saturated rings. The highest BCUT2D eigenvalue weighted by Crippen LogP contribution is 1.90. The Morgan fingerprint density at radius 3 is 3.00 bits per heavy atom. The molecule has 1 heterocycles. The van der Waals surface area contributed by atoms with Gasteiger partial charge in [-0.1, -0.05) is 0 Å². The smallest absolute Gasteiger partial charge is 0.147 e. The van der Waals surface area contributed by atoms with Gasteiger partial charge in [-0.2, -0.15) is 5.10 Å². The second-order valence-electron chi connectivity index (χ2n) is 2.40. The molecule has 0 atom stereocenters. The van der Waals surface area contributed by atoms with Crippen LogP contribution in [0.4, 0.5) is 0 Å². The number of aryl methyl sites for hydroxylation is 2. The highest BCUT2D eigenvalue weighted by molar-refractivity contribution is 4.74. The number of hydrogen-bond acceptors (Lipinski definition) is 3. The van der Waals surface area contributed by atoms with Crippen molar-refractivity contribution in [3.8, 4) is 0 Å². The number of hydrogen-bond donors (Lipinski definition) is 0. The summed E-state index contributed by atoms with van der Waals surface area (Å²) in [5.74, 6) is 0.822. The van der Waals surface area contributed by atoms with Crippen molar-refractivity contribution in [2.75, 3.05) is 13.7 Å². The van der Waals surface area contributed by atoms with Crippen molar-refractivity contribution in [1.29, 1.82) is 0 Å². The van der Waals surface area contributed by atoms with Crippen LogP contribution < -0.4 is 0 Å². The van der Waals surface area contributed by atoms with Gasteiger partial charge >= 0.3 is 0 Å². The van der Waals surface area contributed by atoms with Crippen molar-refractivity contribution in [3.05, 3.63) is 12.2 Å². The van der Waals surface area contributed by atoms with Gasteiger partial charge in [-0.15, -0.1) is 0 Å². The van der Waals surface area contributed by atoms with Crippen LogP contribution in [0.3, 0.4) is 0 Å². The van der Waals surface area contributed by atoms with Crippen molar-refractivity contribution in [1.82, 2.24) is 14.8 Å². The maximum atomic E-state index is 4.91. The first kappa shape index (κ1) is 8.20. The van der Waals surface area contributed by atoms with Crippen LogP contribution in [0.2, 0.25) is 0 Å². The summed E-state index contributed by atoms with van der Waals surface area (Å²) in [4.78, 5) is 4.01. The van der Waals surface area contributed by atoms with Gasteiger partial charge in [0.25, 0.3) is 0 Å². The van der Waals surface area contributed by atoms with E-state index in [1.54, 1.807) is 13.4 Å². The second kappa shape index (κ2) is 4.08. The summed E-state index contributed by atoms with van der Waals surface area (Å²) in [6.07, 6.45) is 2.73. The van der Waals surface area contributed by atoms with Gasteiger partial charge in [0.1, 0.15) is 12.2 Å². The van der Waals surface area contributed by atoms with Gasteiger partial charge < -0.3 is 4.74 Å². The van der Waals surface area contributed by atoms with E-state index >= 15 is 0 Å². The molecule has 1 rings (SSSR count). The minimum Gasteiger partial charge on any atom is -0.385 e. The predicted octanol–water partition coefficient (Wildman–Crippen LogP) is 0.623. The van der Waals surface area contributed by atoms with E-state index in [0.29, 0.717) is 0 Å². The molecular formula is C7H13N3O. The molecular weight excluding hydrogens is 142 g/mol. The molecule has 62 valence electrons. The summed E-state index contributed by atoms with van der Waals surface area (Å²) in [6, 6.07) is 0. The zero-order valence-electron chi connectivity index (χ0n) is 6.95. The van der Waals surface area contributed by atoms with Gasteiger partial charge in [0, 0.05) is 20.3 Å². The average molecular weight is 155 g/mol.